The van der Waals surface area contributed by atoms with Gasteiger partial charge >= 0.3 is 4.87 Å². The van der Waals surface area contributed by atoms with Crippen LogP contribution in [0.1, 0.15) is 0 Å². The molecule has 0 aliphatic rings. The quantitative estimate of drug-likeness (QED) is 0.734. The van der Waals surface area contributed by atoms with Crippen molar-refractivity contribution < 1.29 is 4.74 Å². The van der Waals surface area contributed by atoms with Crippen molar-refractivity contribution in [1.29, 1.82) is 0 Å². The van der Waals surface area contributed by atoms with Crippen molar-refractivity contribution in [3.05, 3.63) is 63.2 Å². The van der Waals surface area contributed by atoms with Crippen molar-refractivity contribution in [3.8, 4) is 5.75 Å². The van der Waals surface area contributed by atoms with Crippen LogP contribution in [-0.2, 0) is 6.54 Å². The van der Waals surface area contributed by atoms with Crippen LogP contribution in [0.3, 0.4) is 0 Å². The van der Waals surface area contributed by atoms with Gasteiger partial charge in [-0.3, -0.25) is 9.36 Å². The molecule has 3 aromatic rings. The molecule has 5 heteroatoms. The smallest absolute Gasteiger partial charge is 0.308 e. The van der Waals surface area contributed by atoms with Crippen LogP contribution in [-0.4, -0.2) is 11.2 Å². The Balaban J connectivity index is 1.72. The number of hydrogen-bond acceptors (Lipinski definition) is 3. The Kier molecular flexibility index (Phi) is 3.76. The highest BCUT2D eigenvalue weighted by Gasteiger charge is 2.06. The zero-order chi connectivity index (χ0) is 13.9. The lowest BCUT2D eigenvalue weighted by Crippen LogP contribution is -2.17. The predicted octanol–water partition coefficient (Wildman–Crippen LogP) is 3.80. The molecule has 0 spiro atoms. The zero-order valence-electron chi connectivity index (χ0n) is 10.6. The summed E-state index contributed by atoms with van der Waals surface area (Å²) in [4.78, 5) is 12.0. The minimum Gasteiger partial charge on any atom is -0.492 e. The van der Waals surface area contributed by atoms with Crippen LogP contribution >= 0.6 is 22.9 Å². The van der Waals surface area contributed by atoms with E-state index in [9.17, 15) is 4.79 Å². The first kappa shape index (κ1) is 13.2. The van der Waals surface area contributed by atoms with E-state index in [1.165, 1.54) is 11.3 Å². The lowest BCUT2D eigenvalue weighted by molar-refractivity contribution is 0.299. The number of rotatable bonds is 4. The standard InChI is InChI=1S/C15H12ClNO2S/c16-11-5-7-12(8-6-11)19-10-9-17-13-3-1-2-4-14(13)20-15(17)18/h1-8H,9-10H2. The van der Waals surface area contributed by atoms with Crippen molar-refractivity contribution in [2.45, 2.75) is 6.54 Å². The van der Waals surface area contributed by atoms with Crippen LogP contribution in [0, 0.1) is 0 Å². The van der Waals surface area contributed by atoms with Gasteiger partial charge in [-0.05, 0) is 36.4 Å². The fraction of sp³-hybridized carbons (Fsp3) is 0.133. The summed E-state index contributed by atoms with van der Waals surface area (Å²) in [5, 5.41) is 0.678. The van der Waals surface area contributed by atoms with Gasteiger partial charge in [0, 0.05) is 5.02 Å². The molecule has 3 nitrogen and oxygen atoms in total. The van der Waals surface area contributed by atoms with E-state index < -0.39 is 0 Å². The van der Waals surface area contributed by atoms with E-state index in [1.54, 1.807) is 16.7 Å². The van der Waals surface area contributed by atoms with Crippen molar-refractivity contribution in [2.24, 2.45) is 0 Å². The number of hydrogen-bond donors (Lipinski definition) is 0. The number of thiazole rings is 1. The summed E-state index contributed by atoms with van der Waals surface area (Å²) in [6, 6.07) is 15.0. The Bertz CT molecular complexity index is 776. The fourth-order valence-corrected chi connectivity index (χ4v) is 3.05. The van der Waals surface area contributed by atoms with Crippen molar-refractivity contribution >= 4 is 33.2 Å². The topological polar surface area (TPSA) is 31.2 Å². The molecule has 102 valence electrons. The number of fused-ring (bicyclic) bond motifs is 1. The van der Waals surface area contributed by atoms with Crippen LogP contribution < -0.4 is 9.61 Å². The molecule has 0 saturated heterocycles. The average molecular weight is 306 g/mol. The molecule has 0 unspecified atom stereocenters. The minimum atomic E-state index is 0.0471. The normalized spacial score (nSPS) is 10.8. The van der Waals surface area contributed by atoms with E-state index in [2.05, 4.69) is 0 Å². The molecule has 0 bridgehead atoms. The maximum absolute atomic E-state index is 11.9. The molecular weight excluding hydrogens is 294 g/mol. The lowest BCUT2D eigenvalue weighted by atomic mass is 10.3. The lowest BCUT2D eigenvalue weighted by Gasteiger charge is -2.07. The van der Waals surface area contributed by atoms with Gasteiger partial charge in [-0.1, -0.05) is 35.1 Å². The Morgan fingerprint density at radius 2 is 1.85 bits per heavy atom. The SMILES string of the molecule is O=c1sc2ccccc2n1CCOc1ccc(Cl)cc1. The van der Waals surface area contributed by atoms with Gasteiger partial charge in [0.05, 0.1) is 16.8 Å². The molecule has 1 heterocycles. The van der Waals surface area contributed by atoms with Gasteiger partial charge in [0.2, 0.25) is 0 Å². The third-order valence-corrected chi connectivity index (χ3v) is 4.18. The summed E-state index contributed by atoms with van der Waals surface area (Å²) in [5.74, 6) is 0.752. The van der Waals surface area contributed by atoms with Gasteiger partial charge in [0.1, 0.15) is 12.4 Å². The van der Waals surface area contributed by atoms with Gasteiger partial charge in [-0.25, -0.2) is 0 Å². The number of para-hydroxylation sites is 1. The van der Waals surface area contributed by atoms with Gasteiger partial charge in [0.25, 0.3) is 0 Å². The van der Waals surface area contributed by atoms with Crippen molar-refractivity contribution in [3.63, 3.8) is 0 Å². The molecule has 0 saturated carbocycles. The Hall–Kier alpha value is -1.78. The van der Waals surface area contributed by atoms with Crippen LogP contribution in [0.25, 0.3) is 10.2 Å². The molecule has 2 aromatic carbocycles. The second-order valence-corrected chi connectivity index (χ2v) is 5.72. The maximum Gasteiger partial charge on any atom is 0.308 e. The average Bonchev–Trinajstić information content (AvgIpc) is 2.77. The first-order valence-electron chi connectivity index (χ1n) is 6.21. The number of ether oxygens (including phenoxy) is 1. The van der Waals surface area contributed by atoms with E-state index in [4.69, 9.17) is 16.3 Å². The monoisotopic (exact) mass is 305 g/mol. The molecule has 0 amide bonds. The van der Waals surface area contributed by atoms with E-state index in [0.29, 0.717) is 18.2 Å². The summed E-state index contributed by atoms with van der Waals surface area (Å²) < 4.78 is 8.37. The van der Waals surface area contributed by atoms with E-state index in [1.807, 2.05) is 36.4 Å². The maximum atomic E-state index is 11.9. The highest BCUT2D eigenvalue weighted by atomic mass is 35.5. The molecule has 0 atom stereocenters. The summed E-state index contributed by atoms with van der Waals surface area (Å²) in [5.41, 5.74) is 0.960. The Morgan fingerprint density at radius 3 is 2.65 bits per heavy atom. The van der Waals surface area contributed by atoms with Crippen molar-refractivity contribution in [2.75, 3.05) is 6.61 Å². The van der Waals surface area contributed by atoms with E-state index >= 15 is 0 Å². The number of halogens is 1. The fourth-order valence-electron chi connectivity index (χ4n) is 2.01. The second-order valence-electron chi connectivity index (χ2n) is 4.29. The van der Waals surface area contributed by atoms with Gasteiger partial charge in [0.15, 0.2) is 0 Å². The zero-order valence-corrected chi connectivity index (χ0v) is 12.2. The van der Waals surface area contributed by atoms with Gasteiger partial charge in [-0.2, -0.15) is 0 Å². The summed E-state index contributed by atoms with van der Waals surface area (Å²) >= 11 is 7.07. The number of aromatic nitrogens is 1. The molecule has 0 radical (unpaired) electrons. The van der Waals surface area contributed by atoms with Gasteiger partial charge in [-0.15, -0.1) is 0 Å². The first-order chi connectivity index (χ1) is 9.74. The molecule has 0 N–H and O–H groups in total. The molecular formula is C15H12ClNO2S. The Morgan fingerprint density at radius 1 is 1.10 bits per heavy atom. The van der Waals surface area contributed by atoms with Gasteiger partial charge < -0.3 is 4.74 Å². The largest absolute Gasteiger partial charge is 0.492 e. The third kappa shape index (κ3) is 2.71. The third-order valence-electron chi connectivity index (χ3n) is 2.97. The molecule has 1 aromatic heterocycles. The number of nitrogens with zero attached hydrogens (tertiary/aromatic N) is 1. The summed E-state index contributed by atoms with van der Waals surface area (Å²) in [6.45, 7) is 0.980. The molecule has 0 aliphatic heterocycles. The highest BCUT2D eigenvalue weighted by Crippen LogP contribution is 2.17. The molecule has 0 fully saturated rings. The molecule has 3 rings (SSSR count). The highest BCUT2D eigenvalue weighted by molar-refractivity contribution is 7.16. The van der Waals surface area contributed by atoms with Crippen molar-refractivity contribution in [1.82, 2.24) is 4.57 Å². The van der Waals surface area contributed by atoms with Crippen LogP contribution in [0.2, 0.25) is 5.02 Å². The number of benzene rings is 2. The van der Waals surface area contributed by atoms with Crippen LogP contribution in [0.5, 0.6) is 5.75 Å². The van der Waals surface area contributed by atoms with E-state index in [0.717, 1.165) is 16.0 Å². The molecule has 20 heavy (non-hydrogen) atoms. The minimum absolute atomic E-state index is 0.0471. The summed E-state index contributed by atoms with van der Waals surface area (Å²) in [6.07, 6.45) is 0. The second kappa shape index (κ2) is 5.69. The Labute approximate surface area is 125 Å². The summed E-state index contributed by atoms with van der Waals surface area (Å²) in [7, 11) is 0. The van der Waals surface area contributed by atoms with Crippen LogP contribution in [0.15, 0.2) is 53.3 Å². The van der Waals surface area contributed by atoms with E-state index in [-0.39, 0.29) is 4.87 Å². The predicted molar refractivity (Wildman–Crippen MR) is 83.0 cm³/mol. The first-order valence-corrected chi connectivity index (χ1v) is 7.40. The van der Waals surface area contributed by atoms with Crippen LogP contribution in [0.4, 0.5) is 0 Å². The molecule has 0 aliphatic carbocycles.